The molecule has 4 aromatic rings. The summed E-state index contributed by atoms with van der Waals surface area (Å²) in [5.74, 6) is 2.27. The molecule has 2 aromatic carbocycles. The predicted molar refractivity (Wildman–Crippen MR) is 142 cm³/mol. The summed E-state index contributed by atoms with van der Waals surface area (Å²) in [5.41, 5.74) is 6.52. The van der Waals surface area contributed by atoms with Crippen LogP contribution in [-0.4, -0.2) is 39.9 Å². The van der Waals surface area contributed by atoms with E-state index in [9.17, 15) is 4.79 Å². The van der Waals surface area contributed by atoms with Crippen molar-refractivity contribution >= 4 is 11.7 Å². The molecule has 1 aliphatic rings. The molecule has 37 heavy (non-hydrogen) atoms. The fourth-order valence-corrected chi connectivity index (χ4v) is 5.17. The van der Waals surface area contributed by atoms with Gasteiger partial charge in [-0.2, -0.15) is 9.78 Å². The molecule has 0 N–H and O–H groups in total. The van der Waals surface area contributed by atoms with Crippen LogP contribution in [0.15, 0.2) is 48.5 Å². The van der Waals surface area contributed by atoms with Gasteiger partial charge in [0.1, 0.15) is 17.3 Å². The van der Waals surface area contributed by atoms with Crippen LogP contribution in [0.3, 0.4) is 0 Å². The second-order valence-corrected chi connectivity index (χ2v) is 9.52. The molecule has 0 spiro atoms. The molecule has 1 atom stereocenters. The first-order valence-corrected chi connectivity index (χ1v) is 12.3. The summed E-state index contributed by atoms with van der Waals surface area (Å²) in [7, 11) is 3.27. The van der Waals surface area contributed by atoms with Crippen LogP contribution in [0.1, 0.15) is 51.7 Å². The minimum absolute atomic E-state index is 0.00518. The first-order chi connectivity index (χ1) is 17.8. The lowest BCUT2D eigenvalue weighted by atomic mass is 9.84. The van der Waals surface area contributed by atoms with Gasteiger partial charge in [-0.05, 0) is 57.5 Å². The number of hydrogen-bond acceptors (Lipinski definition) is 6. The SMILES string of the molecule is COc1ccc(OC)c([C@@H]2CC(=O)N(Cc3cccc(C)c3)c3c2c(C)nn3-c2nc(C)cc(C)n2)c1. The second-order valence-electron chi connectivity index (χ2n) is 9.52. The zero-order valence-corrected chi connectivity index (χ0v) is 22.1. The molecule has 5 rings (SSSR count). The molecule has 0 bridgehead atoms. The quantitative estimate of drug-likeness (QED) is 0.374. The zero-order chi connectivity index (χ0) is 26.3. The summed E-state index contributed by atoms with van der Waals surface area (Å²) in [6.07, 6.45) is 0.280. The number of nitrogens with zero attached hydrogens (tertiary/aromatic N) is 5. The Bertz CT molecular complexity index is 1470. The van der Waals surface area contributed by atoms with Gasteiger partial charge in [-0.3, -0.25) is 9.69 Å². The predicted octanol–water partition coefficient (Wildman–Crippen LogP) is 4.98. The molecular formula is C29H31N5O3. The number of benzene rings is 2. The van der Waals surface area contributed by atoms with Crippen molar-refractivity contribution in [3.05, 3.63) is 87.9 Å². The lowest BCUT2D eigenvalue weighted by Crippen LogP contribution is -2.38. The average Bonchev–Trinajstić information content (AvgIpc) is 3.21. The van der Waals surface area contributed by atoms with E-state index in [1.807, 2.05) is 62.1 Å². The fourth-order valence-electron chi connectivity index (χ4n) is 5.17. The molecule has 8 heteroatoms. The van der Waals surface area contributed by atoms with Crippen LogP contribution in [0.25, 0.3) is 5.95 Å². The molecular weight excluding hydrogens is 466 g/mol. The van der Waals surface area contributed by atoms with E-state index >= 15 is 0 Å². The van der Waals surface area contributed by atoms with Gasteiger partial charge >= 0.3 is 0 Å². The van der Waals surface area contributed by atoms with Gasteiger partial charge in [-0.1, -0.05) is 29.8 Å². The number of amides is 1. The van der Waals surface area contributed by atoms with E-state index in [-0.39, 0.29) is 18.2 Å². The van der Waals surface area contributed by atoms with Crippen LogP contribution in [0.4, 0.5) is 5.82 Å². The highest BCUT2D eigenvalue weighted by Gasteiger charge is 2.39. The Morgan fingerprint density at radius 3 is 2.38 bits per heavy atom. The molecule has 1 aliphatic heterocycles. The molecule has 190 valence electrons. The molecule has 0 saturated carbocycles. The zero-order valence-electron chi connectivity index (χ0n) is 22.1. The Hall–Kier alpha value is -4.20. The lowest BCUT2D eigenvalue weighted by Gasteiger charge is -2.33. The maximum Gasteiger partial charge on any atom is 0.252 e. The molecule has 1 amide bonds. The van der Waals surface area contributed by atoms with Crippen molar-refractivity contribution in [2.45, 2.75) is 46.6 Å². The van der Waals surface area contributed by atoms with Gasteiger partial charge in [0.15, 0.2) is 0 Å². The number of carbonyl (C=O) groups is 1. The number of ether oxygens (including phenoxy) is 2. The van der Waals surface area contributed by atoms with Gasteiger partial charge in [0.2, 0.25) is 5.91 Å². The summed E-state index contributed by atoms with van der Waals surface area (Å²) >= 11 is 0. The van der Waals surface area contributed by atoms with Crippen molar-refractivity contribution in [1.29, 1.82) is 0 Å². The van der Waals surface area contributed by atoms with E-state index in [1.54, 1.807) is 18.9 Å². The number of anilines is 1. The van der Waals surface area contributed by atoms with Gasteiger partial charge in [-0.15, -0.1) is 0 Å². The molecule has 0 aliphatic carbocycles. The fraction of sp³-hybridized carbons (Fsp3) is 0.310. The molecule has 8 nitrogen and oxygen atoms in total. The summed E-state index contributed by atoms with van der Waals surface area (Å²) < 4.78 is 12.9. The summed E-state index contributed by atoms with van der Waals surface area (Å²) in [6.45, 7) is 8.31. The summed E-state index contributed by atoms with van der Waals surface area (Å²) in [4.78, 5) is 25.0. The number of hydrogen-bond donors (Lipinski definition) is 0. The molecule has 0 fully saturated rings. The highest BCUT2D eigenvalue weighted by Crippen LogP contribution is 2.46. The molecule has 0 radical (unpaired) electrons. The Morgan fingerprint density at radius 1 is 0.946 bits per heavy atom. The maximum absolute atomic E-state index is 13.9. The summed E-state index contributed by atoms with van der Waals surface area (Å²) in [6, 6.07) is 15.8. The van der Waals surface area contributed by atoms with E-state index in [4.69, 9.17) is 14.6 Å². The Labute approximate surface area is 216 Å². The third-order valence-corrected chi connectivity index (χ3v) is 6.76. The maximum atomic E-state index is 13.9. The molecule has 0 saturated heterocycles. The highest BCUT2D eigenvalue weighted by atomic mass is 16.5. The van der Waals surface area contributed by atoms with E-state index < -0.39 is 0 Å². The number of fused-ring (bicyclic) bond motifs is 1. The van der Waals surface area contributed by atoms with E-state index in [0.29, 0.717) is 29.8 Å². The minimum Gasteiger partial charge on any atom is -0.497 e. The van der Waals surface area contributed by atoms with E-state index in [1.165, 1.54) is 0 Å². The largest absolute Gasteiger partial charge is 0.497 e. The lowest BCUT2D eigenvalue weighted by molar-refractivity contribution is -0.119. The van der Waals surface area contributed by atoms with Crippen LogP contribution in [-0.2, 0) is 11.3 Å². The average molecular weight is 498 g/mol. The van der Waals surface area contributed by atoms with Crippen LogP contribution >= 0.6 is 0 Å². The second kappa shape index (κ2) is 9.69. The van der Waals surface area contributed by atoms with E-state index in [0.717, 1.165) is 39.3 Å². The minimum atomic E-state index is -0.263. The number of aromatic nitrogens is 4. The van der Waals surface area contributed by atoms with Crippen molar-refractivity contribution in [2.75, 3.05) is 19.1 Å². The molecule has 2 aromatic heterocycles. The highest BCUT2D eigenvalue weighted by molar-refractivity contribution is 5.97. The van der Waals surface area contributed by atoms with Crippen LogP contribution in [0.5, 0.6) is 11.5 Å². The van der Waals surface area contributed by atoms with Gasteiger partial charge in [0.05, 0.1) is 26.5 Å². The molecule has 3 heterocycles. The van der Waals surface area contributed by atoms with Crippen LogP contribution < -0.4 is 14.4 Å². The van der Waals surface area contributed by atoms with Gasteiger partial charge < -0.3 is 9.47 Å². The van der Waals surface area contributed by atoms with Crippen molar-refractivity contribution < 1.29 is 14.3 Å². The Morgan fingerprint density at radius 2 is 1.70 bits per heavy atom. The summed E-state index contributed by atoms with van der Waals surface area (Å²) in [5, 5.41) is 4.89. The normalized spacial score (nSPS) is 15.0. The Kier molecular flexibility index (Phi) is 6.41. The third-order valence-electron chi connectivity index (χ3n) is 6.76. The van der Waals surface area contributed by atoms with Gasteiger partial charge in [-0.25, -0.2) is 9.97 Å². The first-order valence-electron chi connectivity index (χ1n) is 12.3. The van der Waals surface area contributed by atoms with Crippen LogP contribution in [0, 0.1) is 27.7 Å². The Balaban J connectivity index is 1.74. The number of methoxy groups -OCH3 is 2. The monoisotopic (exact) mass is 497 g/mol. The number of rotatable bonds is 6. The van der Waals surface area contributed by atoms with Crippen LogP contribution in [0.2, 0.25) is 0 Å². The van der Waals surface area contributed by atoms with Crippen molar-refractivity contribution in [1.82, 2.24) is 19.7 Å². The smallest absolute Gasteiger partial charge is 0.252 e. The van der Waals surface area contributed by atoms with E-state index in [2.05, 4.69) is 29.0 Å². The van der Waals surface area contributed by atoms with Gasteiger partial charge in [0.25, 0.3) is 5.95 Å². The van der Waals surface area contributed by atoms with Crippen molar-refractivity contribution in [3.8, 4) is 17.4 Å². The number of carbonyl (C=O) groups excluding carboxylic acids is 1. The topological polar surface area (TPSA) is 82.4 Å². The number of aryl methyl sites for hydroxylation is 4. The molecule has 0 unspecified atom stereocenters. The van der Waals surface area contributed by atoms with Crippen molar-refractivity contribution in [3.63, 3.8) is 0 Å². The standard InChI is InChI=1S/C29H31N5O3/c1-17-8-7-9-21(12-17)16-33-26(35)15-24(23-14-22(36-5)10-11-25(23)37-6)27-20(4)32-34(28(27)33)29-30-18(2)13-19(3)31-29/h7-14,24H,15-16H2,1-6H3/t24-/m0/s1. The third kappa shape index (κ3) is 4.55. The van der Waals surface area contributed by atoms with Gasteiger partial charge in [0, 0.05) is 34.9 Å². The van der Waals surface area contributed by atoms with Crippen molar-refractivity contribution in [2.24, 2.45) is 0 Å². The first kappa shape index (κ1) is 24.5.